The molecule has 98 valence electrons. The fourth-order valence-electron chi connectivity index (χ4n) is 1.81. The average molecular weight is 319 g/mol. The maximum atomic E-state index is 12.0. The van der Waals surface area contributed by atoms with Crippen LogP contribution in [0.1, 0.15) is 11.1 Å². The van der Waals surface area contributed by atoms with E-state index in [4.69, 9.17) is 5.73 Å². The summed E-state index contributed by atoms with van der Waals surface area (Å²) in [6, 6.07) is 13.2. The zero-order valence-corrected chi connectivity index (χ0v) is 12.2. The maximum Gasteiger partial charge on any atom is 0.228 e. The number of hydrogen-bond donors (Lipinski definition) is 2. The van der Waals surface area contributed by atoms with Crippen LogP contribution in [0.4, 0.5) is 11.4 Å². The monoisotopic (exact) mass is 318 g/mol. The molecule has 0 aliphatic heterocycles. The number of rotatable bonds is 3. The highest BCUT2D eigenvalue weighted by atomic mass is 79.9. The summed E-state index contributed by atoms with van der Waals surface area (Å²) in [5.41, 5.74) is 9.20. The zero-order valence-electron chi connectivity index (χ0n) is 10.6. The highest BCUT2D eigenvalue weighted by molar-refractivity contribution is 9.10. The summed E-state index contributed by atoms with van der Waals surface area (Å²) >= 11 is 3.38. The van der Waals surface area contributed by atoms with Gasteiger partial charge in [0.1, 0.15) is 0 Å². The lowest BCUT2D eigenvalue weighted by atomic mass is 10.1. The van der Waals surface area contributed by atoms with E-state index < -0.39 is 0 Å². The van der Waals surface area contributed by atoms with Crippen molar-refractivity contribution in [2.24, 2.45) is 0 Å². The summed E-state index contributed by atoms with van der Waals surface area (Å²) < 4.78 is 0.783. The molecule has 19 heavy (non-hydrogen) atoms. The van der Waals surface area contributed by atoms with Crippen molar-refractivity contribution in [1.82, 2.24) is 0 Å². The second kappa shape index (κ2) is 5.89. The number of nitrogens with two attached hydrogens (primary N) is 1. The largest absolute Gasteiger partial charge is 0.399 e. The molecule has 0 unspecified atom stereocenters. The van der Waals surface area contributed by atoms with Crippen LogP contribution in [0.25, 0.3) is 0 Å². The Morgan fingerprint density at radius 3 is 2.68 bits per heavy atom. The van der Waals surface area contributed by atoms with E-state index in [9.17, 15) is 4.79 Å². The van der Waals surface area contributed by atoms with Crippen LogP contribution in [-0.2, 0) is 11.2 Å². The molecule has 1 amide bonds. The molecule has 0 fully saturated rings. The molecule has 3 N–H and O–H groups in total. The maximum absolute atomic E-state index is 12.0. The third-order valence-corrected chi connectivity index (χ3v) is 3.54. The molecule has 4 heteroatoms. The lowest BCUT2D eigenvalue weighted by Gasteiger charge is -2.09. The minimum Gasteiger partial charge on any atom is -0.399 e. The number of carbonyl (C=O) groups excluding carboxylic acids is 1. The predicted molar refractivity (Wildman–Crippen MR) is 82.1 cm³/mol. The van der Waals surface area contributed by atoms with Crippen LogP contribution in [-0.4, -0.2) is 5.91 Å². The van der Waals surface area contributed by atoms with Gasteiger partial charge in [0.2, 0.25) is 5.91 Å². The Labute approximate surface area is 121 Å². The molecule has 2 aromatic rings. The molecule has 0 bridgehead atoms. The van der Waals surface area contributed by atoms with Crippen molar-refractivity contribution in [1.29, 1.82) is 0 Å². The van der Waals surface area contributed by atoms with Crippen LogP contribution in [0.15, 0.2) is 46.9 Å². The topological polar surface area (TPSA) is 55.1 Å². The Hall–Kier alpha value is -1.81. The van der Waals surface area contributed by atoms with Crippen molar-refractivity contribution in [3.63, 3.8) is 0 Å². The van der Waals surface area contributed by atoms with Crippen molar-refractivity contribution in [2.75, 3.05) is 11.1 Å². The van der Waals surface area contributed by atoms with Gasteiger partial charge in [-0.1, -0.05) is 24.3 Å². The number of carbonyl (C=O) groups is 1. The Morgan fingerprint density at radius 2 is 2.00 bits per heavy atom. The van der Waals surface area contributed by atoms with Gasteiger partial charge in [-0.15, -0.1) is 0 Å². The lowest BCUT2D eigenvalue weighted by Crippen LogP contribution is -2.15. The van der Waals surface area contributed by atoms with Gasteiger partial charge < -0.3 is 11.1 Å². The Morgan fingerprint density at radius 1 is 1.26 bits per heavy atom. The van der Waals surface area contributed by atoms with E-state index in [1.807, 2.05) is 31.2 Å². The van der Waals surface area contributed by atoms with Gasteiger partial charge in [0.15, 0.2) is 0 Å². The van der Waals surface area contributed by atoms with Gasteiger partial charge in [-0.05, 0) is 52.2 Å². The molecule has 0 heterocycles. The first-order valence-electron chi connectivity index (χ1n) is 5.95. The fraction of sp³-hybridized carbons (Fsp3) is 0.133. The zero-order chi connectivity index (χ0) is 13.8. The normalized spacial score (nSPS) is 10.2. The van der Waals surface area contributed by atoms with Crippen molar-refractivity contribution in [3.8, 4) is 0 Å². The van der Waals surface area contributed by atoms with Gasteiger partial charge in [-0.2, -0.15) is 0 Å². The molecule has 0 saturated heterocycles. The van der Waals surface area contributed by atoms with Crippen LogP contribution >= 0.6 is 15.9 Å². The molecule has 3 nitrogen and oxygen atoms in total. The molecular formula is C15H15BrN2O. The number of anilines is 2. The summed E-state index contributed by atoms with van der Waals surface area (Å²) in [6.45, 7) is 2.00. The second-order valence-corrected chi connectivity index (χ2v) is 5.25. The van der Waals surface area contributed by atoms with Gasteiger partial charge in [0, 0.05) is 10.2 Å². The van der Waals surface area contributed by atoms with E-state index in [-0.39, 0.29) is 5.91 Å². The number of benzene rings is 2. The van der Waals surface area contributed by atoms with E-state index >= 15 is 0 Å². The first kappa shape index (κ1) is 13.6. The number of hydrogen-bond acceptors (Lipinski definition) is 2. The fourth-order valence-corrected chi connectivity index (χ4v) is 2.30. The molecular weight excluding hydrogens is 304 g/mol. The van der Waals surface area contributed by atoms with Crippen LogP contribution in [0.2, 0.25) is 0 Å². The first-order chi connectivity index (χ1) is 9.06. The van der Waals surface area contributed by atoms with Crippen molar-refractivity contribution >= 4 is 33.2 Å². The minimum absolute atomic E-state index is 0.0419. The molecule has 0 spiro atoms. The van der Waals surface area contributed by atoms with Gasteiger partial charge in [0.25, 0.3) is 0 Å². The van der Waals surface area contributed by atoms with Crippen LogP contribution in [0.3, 0.4) is 0 Å². The van der Waals surface area contributed by atoms with Crippen molar-refractivity contribution in [3.05, 3.63) is 58.1 Å². The molecule has 2 aromatic carbocycles. The second-order valence-electron chi connectivity index (χ2n) is 4.39. The molecule has 2 rings (SSSR count). The van der Waals surface area contributed by atoms with Crippen LogP contribution < -0.4 is 11.1 Å². The Balaban J connectivity index is 2.08. The first-order valence-corrected chi connectivity index (χ1v) is 6.75. The van der Waals surface area contributed by atoms with Crippen molar-refractivity contribution < 1.29 is 4.79 Å². The summed E-state index contributed by atoms with van der Waals surface area (Å²) in [5, 5.41) is 2.87. The smallest absolute Gasteiger partial charge is 0.228 e. The number of nitrogens with one attached hydrogen (secondary N) is 1. The van der Waals surface area contributed by atoms with Crippen LogP contribution in [0, 0.1) is 6.92 Å². The van der Waals surface area contributed by atoms with Crippen molar-refractivity contribution in [2.45, 2.75) is 13.3 Å². The summed E-state index contributed by atoms with van der Waals surface area (Å²) in [5.74, 6) is -0.0419. The van der Waals surface area contributed by atoms with Gasteiger partial charge in [-0.25, -0.2) is 0 Å². The molecule has 0 aliphatic rings. The van der Waals surface area contributed by atoms with E-state index in [1.165, 1.54) is 0 Å². The highest BCUT2D eigenvalue weighted by Gasteiger charge is 2.08. The van der Waals surface area contributed by atoms with Gasteiger partial charge in [0.05, 0.1) is 12.1 Å². The number of aryl methyl sites for hydroxylation is 1. The third-order valence-electron chi connectivity index (χ3n) is 2.88. The number of halogens is 1. The van der Waals surface area contributed by atoms with Crippen LogP contribution in [0.5, 0.6) is 0 Å². The predicted octanol–water partition coefficient (Wildman–Crippen LogP) is 3.52. The summed E-state index contributed by atoms with van der Waals surface area (Å²) in [4.78, 5) is 12.0. The van der Waals surface area contributed by atoms with Gasteiger partial charge in [-0.3, -0.25) is 4.79 Å². The average Bonchev–Trinajstić information content (AvgIpc) is 2.36. The summed E-state index contributed by atoms with van der Waals surface area (Å²) in [6.07, 6.45) is 0.365. The van der Waals surface area contributed by atoms with E-state index in [0.29, 0.717) is 12.1 Å². The Kier molecular flexibility index (Phi) is 4.22. The number of nitrogen functional groups attached to an aromatic ring is 1. The minimum atomic E-state index is -0.0419. The molecule has 0 aromatic heterocycles. The SMILES string of the molecule is Cc1ccccc1CC(=O)Nc1ccc(N)cc1Br. The van der Waals surface area contributed by atoms with E-state index in [2.05, 4.69) is 21.2 Å². The number of amides is 1. The molecule has 0 saturated carbocycles. The molecule has 0 atom stereocenters. The third kappa shape index (κ3) is 3.58. The lowest BCUT2D eigenvalue weighted by molar-refractivity contribution is -0.115. The Bertz CT molecular complexity index is 611. The molecule has 0 radical (unpaired) electrons. The van der Waals surface area contributed by atoms with E-state index in [1.54, 1.807) is 18.2 Å². The highest BCUT2D eigenvalue weighted by Crippen LogP contribution is 2.24. The standard InChI is InChI=1S/C15H15BrN2O/c1-10-4-2-3-5-11(10)8-15(19)18-14-7-6-12(17)9-13(14)16/h2-7,9H,8,17H2,1H3,(H,18,19). The quantitative estimate of drug-likeness (QED) is 0.851. The summed E-state index contributed by atoms with van der Waals surface area (Å²) in [7, 11) is 0. The molecule has 0 aliphatic carbocycles. The van der Waals surface area contributed by atoms with Gasteiger partial charge >= 0.3 is 0 Å². The van der Waals surface area contributed by atoms with E-state index in [0.717, 1.165) is 21.3 Å².